The first-order valence-corrected chi connectivity index (χ1v) is 10.5. The molecule has 4 nitrogen and oxygen atoms in total. The van der Waals surface area contributed by atoms with Crippen LogP contribution in [0.5, 0.6) is 11.5 Å². The number of carbonyl (C=O) groups excluding carboxylic acids is 1. The smallest absolute Gasteiger partial charge is 0.251 e. The van der Waals surface area contributed by atoms with Gasteiger partial charge in [-0.3, -0.25) is 4.79 Å². The van der Waals surface area contributed by atoms with Crippen molar-refractivity contribution in [3.8, 4) is 11.5 Å². The molecule has 0 bridgehead atoms. The van der Waals surface area contributed by atoms with Crippen molar-refractivity contribution in [3.05, 3.63) is 94.0 Å². The van der Waals surface area contributed by atoms with E-state index in [1.54, 1.807) is 0 Å². The number of hydrogen-bond acceptors (Lipinski definition) is 3. The molecule has 1 heterocycles. The van der Waals surface area contributed by atoms with Crippen molar-refractivity contribution in [2.24, 2.45) is 0 Å². The summed E-state index contributed by atoms with van der Waals surface area (Å²) in [7, 11) is 0. The van der Waals surface area contributed by atoms with Crippen LogP contribution in [0.3, 0.4) is 0 Å². The van der Waals surface area contributed by atoms with Crippen LogP contribution >= 0.6 is 15.9 Å². The van der Waals surface area contributed by atoms with Crippen LogP contribution in [-0.4, -0.2) is 19.1 Å². The van der Waals surface area contributed by atoms with Crippen molar-refractivity contribution < 1.29 is 14.3 Å². The number of halogens is 1. The molecule has 1 N–H and O–H groups in total. The molecule has 5 heteroatoms. The third kappa shape index (κ3) is 4.98. The molecule has 148 valence electrons. The lowest BCUT2D eigenvalue weighted by molar-refractivity contribution is 0.0934. The summed E-state index contributed by atoms with van der Waals surface area (Å²) in [5.41, 5.74) is 2.88. The fraction of sp³-hybridized carbons (Fsp3) is 0.208. The Bertz CT molecular complexity index is 990. The molecule has 4 rings (SSSR count). The van der Waals surface area contributed by atoms with Gasteiger partial charge in [0, 0.05) is 10.0 Å². The summed E-state index contributed by atoms with van der Waals surface area (Å²) in [6.45, 7) is 1.10. The van der Waals surface area contributed by atoms with Crippen LogP contribution in [0.25, 0.3) is 0 Å². The van der Waals surface area contributed by atoms with Crippen molar-refractivity contribution in [1.29, 1.82) is 0 Å². The molecule has 0 fully saturated rings. The number of hydrogen-bond donors (Lipinski definition) is 1. The van der Waals surface area contributed by atoms with Gasteiger partial charge in [-0.2, -0.15) is 0 Å². The van der Waals surface area contributed by atoms with Crippen LogP contribution in [0, 0.1) is 0 Å². The molecule has 29 heavy (non-hydrogen) atoms. The van der Waals surface area contributed by atoms with E-state index in [9.17, 15) is 4.79 Å². The summed E-state index contributed by atoms with van der Waals surface area (Å²) in [4.78, 5) is 12.9. The Labute approximate surface area is 179 Å². The summed E-state index contributed by atoms with van der Waals surface area (Å²) in [5.74, 6) is 1.38. The van der Waals surface area contributed by atoms with Crippen LogP contribution in [0.1, 0.15) is 33.9 Å². The highest BCUT2D eigenvalue weighted by atomic mass is 79.9. The molecule has 1 atom stereocenters. The number of benzene rings is 3. The molecule has 0 radical (unpaired) electrons. The highest BCUT2D eigenvalue weighted by Crippen LogP contribution is 2.34. The lowest BCUT2D eigenvalue weighted by atomic mass is 9.98. The van der Waals surface area contributed by atoms with Crippen LogP contribution < -0.4 is 14.8 Å². The number of rotatable bonds is 6. The molecule has 1 unspecified atom stereocenters. The zero-order valence-electron chi connectivity index (χ0n) is 15.9. The molecule has 1 aliphatic heterocycles. The van der Waals surface area contributed by atoms with Gasteiger partial charge in [0.25, 0.3) is 5.91 Å². The van der Waals surface area contributed by atoms with E-state index in [0.29, 0.717) is 18.8 Å². The maximum Gasteiger partial charge on any atom is 0.251 e. The van der Waals surface area contributed by atoms with Crippen molar-refractivity contribution in [2.45, 2.75) is 18.9 Å². The summed E-state index contributed by atoms with van der Waals surface area (Å²) in [6, 6.07) is 23.5. The summed E-state index contributed by atoms with van der Waals surface area (Å²) >= 11 is 3.43. The lowest BCUT2D eigenvalue weighted by Gasteiger charge is -2.23. The molecule has 0 spiro atoms. The van der Waals surface area contributed by atoms with Gasteiger partial charge in [-0.1, -0.05) is 58.4 Å². The Balaban J connectivity index is 1.57. The summed E-state index contributed by atoms with van der Waals surface area (Å²) in [5, 5.41) is 3.20. The highest BCUT2D eigenvalue weighted by molar-refractivity contribution is 9.10. The van der Waals surface area contributed by atoms with Crippen LogP contribution in [-0.2, 0) is 6.42 Å². The fourth-order valence-corrected chi connectivity index (χ4v) is 3.83. The molecule has 3 aromatic rings. The van der Waals surface area contributed by atoms with E-state index in [-0.39, 0.29) is 11.9 Å². The van der Waals surface area contributed by atoms with E-state index < -0.39 is 0 Å². The zero-order valence-corrected chi connectivity index (χ0v) is 17.5. The normalized spacial score (nSPS) is 13.6. The van der Waals surface area contributed by atoms with Gasteiger partial charge in [0.05, 0.1) is 6.04 Å². The van der Waals surface area contributed by atoms with Gasteiger partial charge in [-0.05, 0) is 54.3 Å². The van der Waals surface area contributed by atoms with E-state index in [4.69, 9.17) is 9.47 Å². The Kier molecular flexibility index (Phi) is 6.15. The Morgan fingerprint density at radius 2 is 1.72 bits per heavy atom. The van der Waals surface area contributed by atoms with Gasteiger partial charge in [-0.25, -0.2) is 0 Å². The van der Waals surface area contributed by atoms with E-state index >= 15 is 0 Å². The molecule has 1 aliphatic rings. The number of fused-ring (bicyclic) bond motifs is 1. The maximum atomic E-state index is 12.9. The van der Waals surface area contributed by atoms with E-state index in [2.05, 4.69) is 33.4 Å². The number of amides is 1. The predicted octanol–water partition coefficient (Wildman–Crippen LogP) is 5.32. The zero-order chi connectivity index (χ0) is 20.1. The first-order valence-electron chi connectivity index (χ1n) is 9.69. The van der Waals surface area contributed by atoms with Gasteiger partial charge >= 0.3 is 0 Å². The molecule has 0 saturated carbocycles. The number of aryl methyl sites for hydroxylation is 1. The van der Waals surface area contributed by atoms with E-state index in [0.717, 1.165) is 34.4 Å². The second kappa shape index (κ2) is 9.14. The molecule has 0 aliphatic carbocycles. The van der Waals surface area contributed by atoms with Crippen LogP contribution in [0.2, 0.25) is 0 Å². The Morgan fingerprint density at radius 1 is 0.931 bits per heavy atom. The molecular weight excluding hydrogens is 430 g/mol. The van der Waals surface area contributed by atoms with Gasteiger partial charge in [0.15, 0.2) is 11.5 Å². The third-order valence-corrected chi connectivity index (χ3v) is 5.42. The number of ether oxygens (including phenoxy) is 2. The monoisotopic (exact) mass is 451 g/mol. The predicted molar refractivity (Wildman–Crippen MR) is 117 cm³/mol. The van der Waals surface area contributed by atoms with Gasteiger partial charge in [-0.15, -0.1) is 0 Å². The average molecular weight is 452 g/mol. The van der Waals surface area contributed by atoms with Gasteiger partial charge < -0.3 is 14.8 Å². The van der Waals surface area contributed by atoms with Crippen molar-refractivity contribution in [1.82, 2.24) is 5.32 Å². The number of carbonyl (C=O) groups is 1. The first-order chi connectivity index (χ1) is 14.2. The first kappa shape index (κ1) is 19.5. The van der Waals surface area contributed by atoms with Crippen molar-refractivity contribution in [3.63, 3.8) is 0 Å². The van der Waals surface area contributed by atoms with Crippen LogP contribution in [0.4, 0.5) is 0 Å². The van der Waals surface area contributed by atoms with E-state index in [1.807, 2.05) is 60.7 Å². The van der Waals surface area contributed by atoms with Crippen LogP contribution in [0.15, 0.2) is 77.3 Å². The quantitative estimate of drug-likeness (QED) is 0.551. The van der Waals surface area contributed by atoms with Gasteiger partial charge in [0.2, 0.25) is 0 Å². The van der Waals surface area contributed by atoms with Gasteiger partial charge in [0.1, 0.15) is 13.2 Å². The minimum absolute atomic E-state index is 0.0979. The van der Waals surface area contributed by atoms with Crippen molar-refractivity contribution >= 4 is 21.8 Å². The topological polar surface area (TPSA) is 47.6 Å². The lowest BCUT2D eigenvalue weighted by Crippen LogP contribution is -2.29. The largest absolute Gasteiger partial charge is 0.486 e. The standard InChI is InChI=1S/C24H22BrNO3/c25-20-8-4-7-19(15-20)24(27)26-21(11-9-17-5-2-1-3-6-17)18-10-12-22-23(16-18)29-14-13-28-22/h1-8,10,12,15-16,21H,9,11,13-14H2,(H,26,27). The Morgan fingerprint density at radius 3 is 2.52 bits per heavy atom. The summed E-state index contributed by atoms with van der Waals surface area (Å²) < 4.78 is 12.3. The Hall–Kier alpha value is -2.79. The van der Waals surface area contributed by atoms with Crippen molar-refractivity contribution in [2.75, 3.05) is 13.2 Å². The minimum atomic E-state index is -0.141. The number of nitrogens with one attached hydrogen (secondary N) is 1. The fourth-order valence-electron chi connectivity index (χ4n) is 3.43. The second-order valence-electron chi connectivity index (χ2n) is 6.96. The molecule has 1 amide bonds. The third-order valence-electron chi connectivity index (χ3n) is 4.93. The molecule has 0 saturated heterocycles. The average Bonchev–Trinajstić information content (AvgIpc) is 2.77. The highest BCUT2D eigenvalue weighted by Gasteiger charge is 2.20. The molecule has 0 aromatic heterocycles. The van der Waals surface area contributed by atoms with E-state index in [1.165, 1.54) is 5.56 Å². The molecule has 3 aromatic carbocycles. The SMILES string of the molecule is O=C(NC(CCc1ccccc1)c1ccc2c(c1)OCCO2)c1cccc(Br)c1. The summed E-state index contributed by atoms with van der Waals surface area (Å²) in [6.07, 6.45) is 1.64. The maximum absolute atomic E-state index is 12.9. The molecular formula is C24H22BrNO3. The second-order valence-corrected chi connectivity index (χ2v) is 7.88. The minimum Gasteiger partial charge on any atom is -0.486 e.